The van der Waals surface area contributed by atoms with E-state index in [0.29, 0.717) is 6.42 Å². The number of hydrogen-bond acceptors (Lipinski definition) is 9. The molecule has 0 fully saturated rings. The van der Waals surface area contributed by atoms with Gasteiger partial charge in [-0.25, -0.2) is 4.39 Å². The fraction of sp³-hybridized carbons (Fsp3) is 0.714. The van der Waals surface area contributed by atoms with Gasteiger partial charge in [-0.2, -0.15) is 0 Å². The molecule has 13 nitrogen and oxygen atoms in total. The topological polar surface area (TPSA) is 214 Å². The van der Waals surface area contributed by atoms with Crippen LogP contribution in [0.5, 0.6) is 0 Å². The molecule has 0 spiro atoms. The Hall–Kier alpha value is -3.13. The summed E-state index contributed by atoms with van der Waals surface area (Å²) in [7, 11) is 1.03. The highest BCUT2D eigenvalue weighted by molar-refractivity contribution is 5.96. The highest BCUT2D eigenvalue weighted by Crippen LogP contribution is 2.08. The second-order valence-electron chi connectivity index (χ2n) is 8.07. The number of esters is 1. The van der Waals surface area contributed by atoms with E-state index in [9.17, 15) is 38.3 Å². The number of carboxylic acid groups (broad SMARTS) is 1. The summed E-state index contributed by atoms with van der Waals surface area (Å²) in [6, 6.07) is -5.71. The Bertz CT molecular complexity index is 778. The number of halogens is 1. The van der Waals surface area contributed by atoms with Gasteiger partial charge in [-0.15, -0.1) is 0 Å². The molecule has 0 aliphatic heterocycles. The predicted octanol–water partition coefficient (Wildman–Crippen LogP) is -1.84. The van der Waals surface area contributed by atoms with Crippen LogP contribution in [0.3, 0.4) is 0 Å². The number of amides is 3. The summed E-state index contributed by atoms with van der Waals surface area (Å²) < 4.78 is 17.3. The van der Waals surface area contributed by atoms with E-state index in [0.717, 1.165) is 14.0 Å². The van der Waals surface area contributed by atoms with Crippen LogP contribution in [0.1, 0.15) is 46.5 Å². The normalized spacial score (nSPS) is 16.0. The fourth-order valence-corrected chi connectivity index (χ4v) is 2.83. The van der Waals surface area contributed by atoms with Crippen molar-refractivity contribution in [2.75, 3.05) is 13.8 Å². The molecule has 7 N–H and O–H groups in total. The first-order chi connectivity index (χ1) is 16.3. The second-order valence-corrected chi connectivity index (χ2v) is 8.07. The summed E-state index contributed by atoms with van der Waals surface area (Å²) >= 11 is 0. The number of ketones is 1. The van der Waals surface area contributed by atoms with Gasteiger partial charge in [-0.05, 0) is 19.3 Å². The van der Waals surface area contributed by atoms with E-state index in [1.54, 1.807) is 13.8 Å². The Morgan fingerprint density at radius 2 is 1.54 bits per heavy atom. The van der Waals surface area contributed by atoms with Gasteiger partial charge < -0.3 is 36.6 Å². The minimum Gasteiger partial charge on any atom is -0.481 e. The van der Waals surface area contributed by atoms with Gasteiger partial charge >= 0.3 is 11.9 Å². The standard InChI is InChI=1S/C21H35FN4O9/c1-5-10(2)17(23)20(33)24-12(6-7-15(29)30)19(32)26-18(11(3)27)21(34)25-13(14(28)9-22)8-16(31)35-4/h10-13,17-18,27H,5-9,23H2,1-4H3,(H,24,33)(H,25,34)(H,26,32)(H,29,30)/t10-,11+,12-,13-,17-,18-/m0/s1. The molecule has 0 aliphatic carbocycles. The third-order valence-electron chi connectivity index (χ3n) is 5.34. The van der Waals surface area contributed by atoms with Gasteiger partial charge in [0.25, 0.3) is 0 Å². The number of aliphatic hydroxyl groups is 1. The zero-order valence-electron chi connectivity index (χ0n) is 20.2. The average Bonchev–Trinajstić information content (AvgIpc) is 2.81. The van der Waals surface area contributed by atoms with Crippen LogP contribution in [-0.2, 0) is 33.5 Å². The van der Waals surface area contributed by atoms with Crippen LogP contribution in [0.4, 0.5) is 4.39 Å². The maximum Gasteiger partial charge on any atom is 0.308 e. The van der Waals surface area contributed by atoms with E-state index in [1.807, 2.05) is 0 Å². The maximum atomic E-state index is 12.9. The Kier molecular flexibility index (Phi) is 14.3. The monoisotopic (exact) mass is 506 g/mol. The van der Waals surface area contributed by atoms with Crippen molar-refractivity contribution in [3.63, 3.8) is 0 Å². The summed E-state index contributed by atoms with van der Waals surface area (Å²) in [6.45, 7) is 3.17. The molecule has 0 saturated heterocycles. The lowest BCUT2D eigenvalue weighted by molar-refractivity contribution is -0.144. The quantitative estimate of drug-likeness (QED) is 0.129. The van der Waals surface area contributed by atoms with Crippen molar-refractivity contribution in [1.29, 1.82) is 0 Å². The van der Waals surface area contributed by atoms with Gasteiger partial charge in [0.1, 0.15) is 24.8 Å². The second kappa shape index (κ2) is 15.7. The van der Waals surface area contributed by atoms with E-state index < -0.39 is 85.2 Å². The third-order valence-corrected chi connectivity index (χ3v) is 5.34. The molecule has 35 heavy (non-hydrogen) atoms. The van der Waals surface area contributed by atoms with Crippen molar-refractivity contribution < 1.29 is 48.1 Å². The van der Waals surface area contributed by atoms with Gasteiger partial charge in [-0.3, -0.25) is 28.8 Å². The zero-order chi connectivity index (χ0) is 27.3. The molecule has 0 aliphatic rings. The van der Waals surface area contributed by atoms with Gasteiger partial charge in [-0.1, -0.05) is 20.3 Å². The van der Waals surface area contributed by atoms with Crippen LogP contribution in [0.15, 0.2) is 0 Å². The Morgan fingerprint density at radius 1 is 0.971 bits per heavy atom. The number of aliphatic carboxylic acids is 1. The van der Waals surface area contributed by atoms with E-state index in [4.69, 9.17) is 10.8 Å². The van der Waals surface area contributed by atoms with Gasteiger partial charge in [0.05, 0.1) is 25.7 Å². The first-order valence-corrected chi connectivity index (χ1v) is 11.0. The summed E-state index contributed by atoms with van der Waals surface area (Å²) in [6.07, 6.45) is -2.50. The third kappa shape index (κ3) is 11.2. The molecule has 6 atom stereocenters. The molecule has 0 aromatic heterocycles. The molecular weight excluding hydrogens is 471 g/mol. The van der Waals surface area contributed by atoms with Crippen LogP contribution in [-0.4, -0.2) is 89.7 Å². The molecule has 3 amide bonds. The molecular formula is C21H35FN4O9. The zero-order valence-corrected chi connectivity index (χ0v) is 20.2. The first-order valence-electron chi connectivity index (χ1n) is 11.0. The first kappa shape index (κ1) is 31.9. The number of carboxylic acids is 1. The smallest absolute Gasteiger partial charge is 0.308 e. The van der Waals surface area contributed by atoms with Crippen molar-refractivity contribution in [2.45, 2.75) is 76.7 Å². The summed E-state index contributed by atoms with van der Waals surface area (Å²) in [4.78, 5) is 72.2. The number of methoxy groups -OCH3 is 1. The highest BCUT2D eigenvalue weighted by Gasteiger charge is 2.34. The van der Waals surface area contributed by atoms with Crippen molar-refractivity contribution in [2.24, 2.45) is 11.7 Å². The Labute approximate surface area is 202 Å². The minimum atomic E-state index is -1.69. The highest BCUT2D eigenvalue weighted by atomic mass is 19.1. The minimum absolute atomic E-state index is 0.242. The SMILES string of the molecule is CC[C@H](C)[C@H](N)C(=O)N[C@@H](CCC(=O)O)C(=O)N[C@H](C(=O)N[C@@H](CC(=O)OC)C(=O)CF)[C@@H](C)O. The average molecular weight is 507 g/mol. The molecule has 14 heteroatoms. The van der Waals surface area contributed by atoms with Crippen molar-refractivity contribution >= 4 is 35.4 Å². The van der Waals surface area contributed by atoms with Crippen LogP contribution in [0.2, 0.25) is 0 Å². The molecule has 0 rings (SSSR count). The van der Waals surface area contributed by atoms with Crippen LogP contribution >= 0.6 is 0 Å². The van der Waals surface area contributed by atoms with Crippen LogP contribution in [0, 0.1) is 5.92 Å². The lowest BCUT2D eigenvalue weighted by atomic mass is 9.98. The Balaban J connectivity index is 5.63. The van der Waals surface area contributed by atoms with Crippen molar-refractivity contribution in [1.82, 2.24) is 16.0 Å². The fourth-order valence-electron chi connectivity index (χ4n) is 2.83. The number of hydrogen-bond donors (Lipinski definition) is 6. The van der Waals surface area contributed by atoms with Gasteiger partial charge in [0.15, 0.2) is 5.78 Å². The molecule has 0 radical (unpaired) electrons. The van der Waals surface area contributed by atoms with Crippen LogP contribution < -0.4 is 21.7 Å². The van der Waals surface area contributed by atoms with Crippen LogP contribution in [0.25, 0.3) is 0 Å². The number of nitrogens with one attached hydrogen (secondary N) is 3. The summed E-state index contributed by atoms with van der Waals surface area (Å²) in [5.41, 5.74) is 5.86. The molecule has 0 bridgehead atoms. The largest absolute Gasteiger partial charge is 0.481 e. The maximum absolute atomic E-state index is 12.9. The Morgan fingerprint density at radius 3 is 2.00 bits per heavy atom. The van der Waals surface area contributed by atoms with Crippen molar-refractivity contribution in [3.8, 4) is 0 Å². The molecule has 0 unspecified atom stereocenters. The van der Waals surface area contributed by atoms with Crippen molar-refractivity contribution in [3.05, 3.63) is 0 Å². The molecule has 200 valence electrons. The number of Topliss-reactive ketones (excluding diaryl/α,β-unsaturated/α-hetero) is 1. The predicted molar refractivity (Wildman–Crippen MR) is 119 cm³/mol. The number of ether oxygens (including phenoxy) is 1. The molecule has 0 saturated carbocycles. The lowest BCUT2D eigenvalue weighted by Gasteiger charge is -2.27. The van der Waals surface area contributed by atoms with E-state index in [2.05, 4.69) is 20.7 Å². The lowest BCUT2D eigenvalue weighted by Crippen LogP contribution is -2.60. The molecule has 0 heterocycles. The number of carbonyl (C=O) groups excluding carboxylic acids is 5. The number of nitrogens with two attached hydrogens (primary N) is 1. The van der Waals surface area contributed by atoms with Gasteiger partial charge in [0.2, 0.25) is 17.7 Å². The molecule has 0 aromatic rings. The van der Waals surface area contributed by atoms with E-state index in [1.165, 1.54) is 0 Å². The number of alkyl halides is 1. The number of carbonyl (C=O) groups is 6. The summed E-state index contributed by atoms with van der Waals surface area (Å²) in [5.74, 6) is -6.37. The summed E-state index contributed by atoms with van der Waals surface area (Å²) in [5, 5.41) is 25.6. The van der Waals surface area contributed by atoms with E-state index >= 15 is 0 Å². The number of rotatable bonds is 16. The number of aliphatic hydroxyl groups excluding tert-OH is 1. The van der Waals surface area contributed by atoms with E-state index in [-0.39, 0.29) is 12.3 Å². The van der Waals surface area contributed by atoms with Gasteiger partial charge in [0, 0.05) is 6.42 Å². The molecule has 0 aromatic carbocycles.